The Morgan fingerprint density at radius 1 is 1.38 bits per heavy atom. The van der Waals surface area contributed by atoms with Gasteiger partial charge in [-0.25, -0.2) is 0 Å². The molecule has 1 unspecified atom stereocenters. The monoisotopic (exact) mass is 232 g/mol. The second-order valence-electron chi connectivity index (χ2n) is 5.67. The van der Waals surface area contributed by atoms with Gasteiger partial charge in [0, 0.05) is 6.61 Å². The van der Waals surface area contributed by atoms with Crippen LogP contribution in [0.4, 0.5) is 0 Å². The number of carboxylic acids is 1. The van der Waals surface area contributed by atoms with Crippen molar-refractivity contribution in [3.8, 4) is 0 Å². The van der Waals surface area contributed by atoms with E-state index in [0.717, 1.165) is 12.8 Å². The first-order chi connectivity index (χ1) is 7.18. The Bertz CT molecular complexity index is 223. The Morgan fingerprint density at radius 3 is 2.31 bits per heavy atom. The summed E-state index contributed by atoms with van der Waals surface area (Å²) >= 11 is 0. The molecule has 0 spiro atoms. The number of quaternary nitrogens is 1. The number of hydrogen-bond acceptors (Lipinski definition) is 2. The van der Waals surface area contributed by atoms with E-state index in [4.69, 9.17) is 9.84 Å². The Balaban J connectivity index is 4.42. The van der Waals surface area contributed by atoms with Crippen LogP contribution in [0.2, 0.25) is 0 Å². The highest BCUT2D eigenvalue weighted by atomic mass is 16.5. The average molecular weight is 232 g/mol. The van der Waals surface area contributed by atoms with Crippen LogP contribution < -0.4 is 0 Å². The van der Waals surface area contributed by atoms with Crippen LogP contribution in [0.3, 0.4) is 0 Å². The molecule has 0 saturated carbocycles. The zero-order chi connectivity index (χ0) is 12.8. The largest absolute Gasteiger partial charge is 0.481 e. The van der Waals surface area contributed by atoms with Gasteiger partial charge in [-0.3, -0.25) is 4.79 Å². The molecule has 0 heterocycles. The molecule has 4 heteroatoms. The third kappa shape index (κ3) is 7.65. The second-order valence-corrected chi connectivity index (χ2v) is 5.67. The van der Waals surface area contributed by atoms with E-state index in [9.17, 15) is 4.79 Å². The van der Waals surface area contributed by atoms with Gasteiger partial charge in [-0.15, -0.1) is 0 Å². The highest BCUT2D eigenvalue weighted by Crippen LogP contribution is 2.19. The summed E-state index contributed by atoms with van der Waals surface area (Å²) in [6.07, 6.45) is 2.10. The fourth-order valence-electron chi connectivity index (χ4n) is 1.94. The van der Waals surface area contributed by atoms with Gasteiger partial charge in [0.25, 0.3) is 0 Å². The normalized spacial score (nSPS) is 15.8. The van der Waals surface area contributed by atoms with Crippen molar-refractivity contribution < 1.29 is 19.1 Å². The molecule has 0 aliphatic carbocycles. The molecule has 0 aromatic heterocycles. The molecule has 0 radical (unpaired) electrons. The molecule has 0 aromatic rings. The van der Waals surface area contributed by atoms with E-state index < -0.39 is 11.6 Å². The van der Waals surface area contributed by atoms with E-state index in [1.807, 2.05) is 28.1 Å². The number of carboxylic acid groups (broad SMARTS) is 1. The number of nitrogens with zero attached hydrogens (tertiary/aromatic N) is 1. The van der Waals surface area contributed by atoms with E-state index >= 15 is 0 Å². The third-order valence-corrected chi connectivity index (χ3v) is 2.28. The maximum absolute atomic E-state index is 10.8. The Kier molecular flexibility index (Phi) is 5.97. The number of hydrogen-bond donors (Lipinski definition) is 1. The minimum Gasteiger partial charge on any atom is -0.481 e. The van der Waals surface area contributed by atoms with Crippen molar-refractivity contribution in [1.82, 2.24) is 0 Å². The zero-order valence-corrected chi connectivity index (χ0v) is 11.2. The summed E-state index contributed by atoms with van der Waals surface area (Å²) in [5.74, 6) is -0.799. The van der Waals surface area contributed by atoms with Crippen LogP contribution in [0.25, 0.3) is 0 Å². The zero-order valence-electron chi connectivity index (χ0n) is 11.2. The molecule has 1 N–H and O–H groups in total. The Morgan fingerprint density at radius 2 is 1.94 bits per heavy atom. The van der Waals surface area contributed by atoms with Crippen molar-refractivity contribution in [3.05, 3.63) is 0 Å². The standard InChI is InChI=1S/C12H25NO3/c1-6-7-8-16-12(2,9-11(14)15)10-13(3,4)5/h6-10H2,1-5H3/p+1. The van der Waals surface area contributed by atoms with Gasteiger partial charge in [0.05, 0.1) is 27.6 Å². The topological polar surface area (TPSA) is 46.5 Å². The molecule has 16 heavy (non-hydrogen) atoms. The maximum Gasteiger partial charge on any atom is 0.306 e. The van der Waals surface area contributed by atoms with Crippen LogP contribution in [0.5, 0.6) is 0 Å². The minimum absolute atomic E-state index is 0.0617. The van der Waals surface area contributed by atoms with Crippen LogP contribution >= 0.6 is 0 Å². The summed E-state index contributed by atoms with van der Waals surface area (Å²) in [5.41, 5.74) is -0.570. The number of likely N-dealkylation sites (N-methyl/N-ethyl adjacent to an activating group) is 1. The summed E-state index contributed by atoms with van der Waals surface area (Å²) in [6.45, 7) is 5.32. The highest BCUT2D eigenvalue weighted by molar-refractivity contribution is 5.68. The van der Waals surface area contributed by atoms with Crippen molar-refractivity contribution in [2.24, 2.45) is 0 Å². The number of rotatable bonds is 8. The van der Waals surface area contributed by atoms with E-state index in [1.54, 1.807) is 0 Å². The molecule has 0 saturated heterocycles. The lowest BCUT2D eigenvalue weighted by molar-refractivity contribution is -0.876. The van der Waals surface area contributed by atoms with Crippen molar-refractivity contribution in [2.75, 3.05) is 34.3 Å². The summed E-state index contributed by atoms with van der Waals surface area (Å²) in [4.78, 5) is 10.8. The number of ether oxygens (including phenoxy) is 1. The van der Waals surface area contributed by atoms with Crippen molar-refractivity contribution in [2.45, 2.75) is 38.7 Å². The van der Waals surface area contributed by atoms with Crippen molar-refractivity contribution >= 4 is 5.97 Å². The number of unbranched alkanes of at least 4 members (excludes halogenated alkanes) is 1. The fraction of sp³-hybridized carbons (Fsp3) is 0.917. The molecular weight excluding hydrogens is 206 g/mol. The average Bonchev–Trinajstić information content (AvgIpc) is 1.98. The van der Waals surface area contributed by atoms with Crippen LogP contribution in [0, 0.1) is 0 Å². The molecule has 4 nitrogen and oxygen atoms in total. The molecule has 96 valence electrons. The SMILES string of the molecule is CCCCOC(C)(CC(=O)O)C[N+](C)(C)C. The van der Waals surface area contributed by atoms with Crippen molar-refractivity contribution in [3.63, 3.8) is 0 Å². The smallest absolute Gasteiger partial charge is 0.306 e. The van der Waals surface area contributed by atoms with Gasteiger partial charge in [0.1, 0.15) is 12.1 Å². The third-order valence-electron chi connectivity index (χ3n) is 2.28. The Hall–Kier alpha value is -0.610. The minimum atomic E-state index is -0.799. The lowest BCUT2D eigenvalue weighted by Gasteiger charge is -2.35. The second kappa shape index (κ2) is 6.21. The van der Waals surface area contributed by atoms with Gasteiger partial charge in [0.15, 0.2) is 0 Å². The number of carbonyl (C=O) groups is 1. The molecule has 0 rings (SSSR count). The molecule has 0 amide bonds. The fourth-order valence-corrected chi connectivity index (χ4v) is 1.94. The van der Waals surface area contributed by atoms with Crippen LogP contribution in [0.1, 0.15) is 33.1 Å². The van der Waals surface area contributed by atoms with E-state index in [1.165, 1.54) is 0 Å². The highest BCUT2D eigenvalue weighted by Gasteiger charge is 2.34. The van der Waals surface area contributed by atoms with Crippen LogP contribution in [0.15, 0.2) is 0 Å². The lowest BCUT2D eigenvalue weighted by Crippen LogP contribution is -2.50. The lowest BCUT2D eigenvalue weighted by atomic mass is 10.0. The summed E-state index contributed by atoms with van der Waals surface area (Å²) in [6, 6.07) is 0. The first-order valence-corrected chi connectivity index (χ1v) is 5.85. The Labute approximate surface area is 98.8 Å². The quantitative estimate of drug-likeness (QED) is 0.512. The van der Waals surface area contributed by atoms with Crippen molar-refractivity contribution in [1.29, 1.82) is 0 Å². The van der Waals surface area contributed by atoms with Gasteiger partial charge in [0.2, 0.25) is 0 Å². The molecule has 1 atom stereocenters. The first kappa shape index (κ1) is 15.4. The van der Waals surface area contributed by atoms with Gasteiger partial charge >= 0.3 is 5.97 Å². The molecule has 0 fully saturated rings. The van der Waals surface area contributed by atoms with Gasteiger partial charge in [-0.05, 0) is 13.3 Å². The predicted molar refractivity (Wildman–Crippen MR) is 64.4 cm³/mol. The molecule has 0 aliphatic heterocycles. The molecule has 0 aliphatic rings. The first-order valence-electron chi connectivity index (χ1n) is 5.85. The van der Waals surface area contributed by atoms with Gasteiger partial charge in [-0.2, -0.15) is 0 Å². The van der Waals surface area contributed by atoms with Gasteiger partial charge < -0.3 is 14.3 Å². The van der Waals surface area contributed by atoms with Crippen LogP contribution in [-0.4, -0.2) is 55.5 Å². The summed E-state index contributed by atoms with van der Waals surface area (Å²) in [7, 11) is 6.13. The maximum atomic E-state index is 10.8. The van der Waals surface area contributed by atoms with Crippen LogP contribution in [-0.2, 0) is 9.53 Å². The molecule has 0 bridgehead atoms. The molecular formula is C12H26NO3+. The predicted octanol–water partition coefficient (Wildman–Crippen LogP) is 1.74. The summed E-state index contributed by atoms with van der Waals surface area (Å²) in [5, 5.41) is 8.92. The number of aliphatic carboxylic acids is 1. The van der Waals surface area contributed by atoms with E-state index in [0.29, 0.717) is 17.6 Å². The van der Waals surface area contributed by atoms with Gasteiger partial charge in [-0.1, -0.05) is 13.3 Å². The van der Waals surface area contributed by atoms with E-state index in [-0.39, 0.29) is 6.42 Å². The summed E-state index contributed by atoms with van der Waals surface area (Å²) < 4.78 is 6.46. The molecule has 0 aromatic carbocycles. The van der Waals surface area contributed by atoms with E-state index in [2.05, 4.69) is 6.92 Å².